The fourth-order valence-electron chi connectivity index (χ4n) is 0.514. The summed E-state index contributed by atoms with van der Waals surface area (Å²) in [4.78, 5) is 0. The maximum absolute atomic E-state index is 6.90. The zero-order chi connectivity index (χ0) is 6.57. The molecule has 0 heterocycles. The van der Waals surface area contributed by atoms with Crippen molar-refractivity contribution in [2.75, 3.05) is 7.11 Å². The second-order valence-corrected chi connectivity index (χ2v) is 1.59. The van der Waals surface area contributed by atoms with Gasteiger partial charge in [0.05, 0.1) is 0 Å². The van der Waals surface area contributed by atoms with Crippen molar-refractivity contribution >= 4 is 5.84 Å². The van der Waals surface area contributed by atoms with Gasteiger partial charge in [0, 0.05) is 7.11 Å². The molecule has 0 fully saturated rings. The van der Waals surface area contributed by atoms with Gasteiger partial charge >= 0.3 is 0 Å². The Morgan fingerprint density at radius 2 is 2.38 bits per heavy atom. The fourth-order valence-corrected chi connectivity index (χ4v) is 0.514. The Balaban J connectivity index is 3.52. The van der Waals surface area contributed by atoms with Crippen molar-refractivity contribution in [3.63, 3.8) is 0 Å². The fraction of sp³-hybridized carbons (Fsp3) is 0.800. The Hall–Kier alpha value is -0.570. The minimum Gasteiger partial charge on any atom is -0.385 e. The average molecular weight is 116 g/mol. The van der Waals surface area contributed by atoms with Crippen LogP contribution in [-0.4, -0.2) is 19.0 Å². The van der Waals surface area contributed by atoms with Crippen LogP contribution in [0.4, 0.5) is 0 Å². The molecule has 48 valence electrons. The molecule has 0 aliphatic carbocycles. The number of methoxy groups -OCH3 is 1. The van der Waals surface area contributed by atoms with Crippen molar-refractivity contribution in [3.8, 4) is 0 Å². The van der Waals surface area contributed by atoms with Gasteiger partial charge in [0.25, 0.3) is 0 Å². The summed E-state index contributed by atoms with van der Waals surface area (Å²) in [5.41, 5.74) is 5.12. The molecule has 0 aliphatic heterocycles. The summed E-state index contributed by atoms with van der Waals surface area (Å²) < 4.78 is 4.81. The highest BCUT2D eigenvalue weighted by atomic mass is 16.5. The number of ether oxygens (including phenoxy) is 1. The molecule has 1 unspecified atom stereocenters. The normalized spacial score (nSPS) is 13.2. The smallest absolute Gasteiger partial charge is 0.120 e. The first-order valence-electron chi connectivity index (χ1n) is 2.59. The van der Waals surface area contributed by atoms with Crippen LogP contribution in [0.15, 0.2) is 0 Å². The van der Waals surface area contributed by atoms with E-state index in [0.29, 0.717) is 0 Å². The van der Waals surface area contributed by atoms with Gasteiger partial charge in [-0.2, -0.15) is 0 Å². The van der Waals surface area contributed by atoms with Crippen LogP contribution in [0.3, 0.4) is 0 Å². The van der Waals surface area contributed by atoms with Gasteiger partial charge in [-0.1, -0.05) is 6.92 Å². The Morgan fingerprint density at radius 1 is 1.88 bits per heavy atom. The van der Waals surface area contributed by atoms with Gasteiger partial charge in [0.1, 0.15) is 11.9 Å². The molecule has 0 bridgehead atoms. The lowest BCUT2D eigenvalue weighted by Crippen LogP contribution is -2.28. The molecule has 3 nitrogen and oxygen atoms in total. The zero-order valence-electron chi connectivity index (χ0n) is 5.27. The molecule has 0 rings (SSSR count). The largest absolute Gasteiger partial charge is 0.385 e. The van der Waals surface area contributed by atoms with Crippen molar-refractivity contribution in [1.82, 2.24) is 0 Å². The molecule has 0 saturated heterocycles. The van der Waals surface area contributed by atoms with Crippen molar-refractivity contribution < 1.29 is 4.74 Å². The van der Waals surface area contributed by atoms with Gasteiger partial charge < -0.3 is 10.5 Å². The van der Waals surface area contributed by atoms with Gasteiger partial charge in [0.2, 0.25) is 0 Å². The van der Waals surface area contributed by atoms with Crippen LogP contribution in [0.2, 0.25) is 0 Å². The maximum Gasteiger partial charge on any atom is 0.120 e. The predicted molar refractivity (Wildman–Crippen MR) is 33.0 cm³/mol. The molecule has 1 atom stereocenters. The monoisotopic (exact) mass is 116 g/mol. The zero-order valence-corrected chi connectivity index (χ0v) is 5.27. The van der Waals surface area contributed by atoms with Gasteiger partial charge in [0.15, 0.2) is 0 Å². The van der Waals surface area contributed by atoms with Crippen molar-refractivity contribution in [3.05, 3.63) is 0 Å². The van der Waals surface area contributed by atoms with E-state index in [2.05, 4.69) is 0 Å². The first kappa shape index (κ1) is 7.43. The number of hydrogen-bond acceptors (Lipinski definition) is 2. The molecule has 0 spiro atoms. The van der Waals surface area contributed by atoms with E-state index in [9.17, 15) is 0 Å². The van der Waals surface area contributed by atoms with E-state index in [-0.39, 0.29) is 11.9 Å². The summed E-state index contributed by atoms with van der Waals surface area (Å²) in [5, 5.41) is 6.90. The van der Waals surface area contributed by atoms with Crippen LogP contribution in [0.5, 0.6) is 0 Å². The third kappa shape index (κ3) is 1.93. The lowest BCUT2D eigenvalue weighted by molar-refractivity contribution is 0.151. The molecule has 0 saturated carbocycles. The third-order valence-corrected chi connectivity index (χ3v) is 1.00. The number of nitrogens with one attached hydrogen (secondary N) is 1. The van der Waals surface area contributed by atoms with Crippen LogP contribution in [0, 0.1) is 5.41 Å². The standard InChI is InChI=1S/C5H12N2O/c1-3-4(8-2)5(6)7/h4H,3H2,1-2H3,(H3,6,7). The summed E-state index contributed by atoms with van der Waals surface area (Å²) in [5.74, 6) is 0.106. The van der Waals surface area contributed by atoms with Gasteiger partial charge in [-0.05, 0) is 6.42 Å². The Kier molecular flexibility index (Phi) is 3.19. The number of amidine groups is 1. The highest BCUT2D eigenvalue weighted by molar-refractivity contribution is 5.81. The molecule has 3 heteroatoms. The molecule has 0 aromatic rings. The first-order valence-corrected chi connectivity index (χ1v) is 2.59. The van der Waals surface area contributed by atoms with E-state index < -0.39 is 0 Å². The van der Waals surface area contributed by atoms with Crippen LogP contribution >= 0.6 is 0 Å². The van der Waals surface area contributed by atoms with Gasteiger partial charge in [-0.15, -0.1) is 0 Å². The molecule has 0 amide bonds. The maximum atomic E-state index is 6.90. The summed E-state index contributed by atoms with van der Waals surface area (Å²) in [7, 11) is 1.55. The summed E-state index contributed by atoms with van der Waals surface area (Å²) in [6.45, 7) is 1.93. The average Bonchev–Trinajstić information content (AvgIpc) is 1.69. The van der Waals surface area contributed by atoms with Crippen LogP contribution in [0.1, 0.15) is 13.3 Å². The Bertz CT molecular complexity index is 78.5. The Labute approximate surface area is 49.3 Å². The molecule has 0 aromatic carbocycles. The first-order chi connectivity index (χ1) is 3.72. The summed E-state index contributed by atoms with van der Waals surface area (Å²) >= 11 is 0. The minimum absolute atomic E-state index is 0.106. The van der Waals surface area contributed by atoms with Crippen LogP contribution in [-0.2, 0) is 4.74 Å². The van der Waals surface area contributed by atoms with Gasteiger partial charge in [-0.25, -0.2) is 0 Å². The van der Waals surface area contributed by atoms with E-state index >= 15 is 0 Å². The quantitative estimate of drug-likeness (QED) is 0.413. The van der Waals surface area contributed by atoms with Crippen molar-refractivity contribution in [1.29, 1.82) is 5.41 Å². The van der Waals surface area contributed by atoms with E-state index in [0.717, 1.165) is 6.42 Å². The van der Waals surface area contributed by atoms with E-state index in [1.807, 2.05) is 6.92 Å². The van der Waals surface area contributed by atoms with E-state index in [4.69, 9.17) is 15.9 Å². The molecular weight excluding hydrogens is 104 g/mol. The molecule has 0 aromatic heterocycles. The lowest BCUT2D eigenvalue weighted by Gasteiger charge is -2.08. The van der Waals surface area contributed by atoms with E-state index in [1.54, 1.807) is 7.11 Å². The van der Waals surface area contributed by atoms with Crippen LogP contribution < -0.4 is 5.73 Å². The summed E-state index contributed by atoms with van der Waals surface area (Å²) in [6.07, 6.45) is 0.584. The number of nitrogens with two attached hydrogens (primary N) is 1. The molecule has 3 N–H and O–H groups in total. The predicted octanol–water partition coefficient (Wildman–Crippen LogP) is 0.347. The second-order valence-electron chi connectivity index (χ2n) is 1.59. The molecule has 8 heavy (non-hydrogen) atoms. The molecule has 0 radical (unpaired) electrons. The highest BCUT2D eigenvalue weighted by Gasteiger charge is 2.04. The lowest BCUT2D eigenvalue weighted by atomic mass is 10.2. The minimum atomic E-state index is -0.185. The van der Waals surface area contributed by atoms with E-state index in [1.165, 1.54) is 0 Å². The van der Waals surface area contributed by atoms with Crippen LogP contribution in [0.25, 0.3) is 0 Å². The number of rotatable bonds is 3. The third-order valence-electron chi connectivity index (χ3n) is 1.00. The van der Waals surface area contributed by atoms with Crippen molar-refractivity contribution in [2.45, 2.75) is 19.4 Å². The molecular formula is C5H12N2O. The van der Waals surface area contributed by atoms with Gasteiger partial charge in [-0.3, -0.25) is 5.41 Å². The SMILES string of the molecule is CCC(OC)C(=N)N. The molecule has 0 aliphatic rings. The topological polar surface area (TPSA) is 59.1 Å². The Morgan fingerprint density at radius 3 is 2.38 bits per heavy atom. The highest BCUT2D eigenvalue weighted by Crippen LogP contribution is 1.92. The summed E-state index contributed by atoms with van der Waals surface area (Å²) in [6, 6.07) is 0. The second kappa shape index (κ2) is 3.43. The number of hydrogen-bond donors (Lipinski definition) is 2. The van der Waals surface area contributed by atoms with Crippen molar-refractivity contribution in [2.24, 2.45) is 5.73 Å².